The van der Waals surface area contributed by atoms with Crippen LogP contribution in [0.4, 0.5) is 5.69 Å². The molecule has 0 aliphatic heterocycles. The van der Waals surface area contributed by atoms with E-state index in [0.717, 1.165) is 26.7 Å². The van der Waals surface area contributed by atoms with Gasteiger partial charge in [0.1, 0.15) is 0 Å². The second-order valence-electron chi connectivity index (χ2n) is 7.84. The Morgan fingerprint density at radius 2 is 1.91 bits per heavy atom. The van der Waals surface area contributed by atoms with Gasteiger partial charge in [0.15, 0.2) is 5.69 Å². The lowest BCUT2D eigenvalue weighted by atomic mass is 10.0. The Bertz CT molecular complexity index is 1400. The summed E-state index contributed by atoms with van der Waals surface area (Å²) in [6, 6.07) is 13.0. The number of hydrogen-bond acceptors (Lipinski definition) is 7. The van der Waals surface area contributed by atoms with Gasteiger partial charge >= 0.3 is 5.97 Å². The molecule has 0 saturated carbocycles. The first-order chi connectivity index (χ1) is 16.7. The molecule has 0 bridgehead atoms. The number of aromatic carboxylic acids is 1. The molecule has 0 fully saturated rings. The van der Waals surface area contributed by atoms with E-state index in [1.807, 2.05) is 43.5 Å². The van der Waals surface area contributed by atoms with Crippen LogP contribution in [0.25, 0.3) is 27.5 Å². The van der Waals surface area contributed by atoms with Gasteiger partial charge in [0.05, 0.1) is 25.6 Å². The molecule has 2 aromatic carbocycles. The molecule has 0 radical (unpaired) electrons. The lowest BCUT2D eigenvalue weighted by Gasteiger charge is -2.07. The van der Waals surface area contributed by atoms with Crippen molar-refractivity contribution < 1.29 is 9.90 Å². The van der Waals surface area contributed by atoms with Gasteiger partial charge in [-0.1, -0.05) is 78.5 Å². The Morgan fingerprint density at radius 1 is 1.14 bits per heavy atom. The fraction of sp³-hybridized carbons (Fsp3) is 0.208. The predicted octanol–water partition coefficient (Wildman–Crippen LogP) is 8.17. The van der Waals surface area contributed by atoms with Crippen molar-refractivity contribution in [3.63, 3.8) is 0 Å². The fourth-order valence-corrected chi connectivity index (χ4v) is 6.71. The molecule has 4 aromatic rings. The van der Waals surface area contributed by atoms with Gasteiger partial charge < -0.3 is 9.83 Å². The number of nitrogens with zero attached hydrogens (tertiary/aromatic N) is 3. The predicted molar refractivity (Wildman–Crippen MR) is 150 cm³/mol. The van der Waals surface area contributed by atoms with Crippen molar-refractivity contribution in [3.8, 4) is 27.5 Å². The van der Waals surface area contributed by atoms with Crippen LogP contribution in [0.15, 0.2) is 46.7 Å². The summed E-state index contributed by atoms with van der Waals surface area (Å²) in [6.45, 7) is 6.00. The van der Waals surface area contributed by atoms with Crippen LogP contribution in [-0.2, 0) is 0 Å². The number of thiazole rings is 1. The van der Waals surface area contributed by atoms with E-state index < -0.39 is 5.97 Å². The molecule has 0 amide bonds. The maximum Gasteiger partial charge on any atom is 0.355 e. The minimum Gasteiger partial charge on any atom is -0.476 e. The Hall–Kier alpha value is -2.17. The summed E-state index contributed by atoms with van der Waals surface area (Å²) in [5, 5.41) is 16.5. The first-order valence-corrected chi connectivity index (χ1v) is 14.2. The van der Waals surface area contributed by atoms with Crippen molar-refractivity contribution in [1.82, 2.24) is 14.8 Å². The summed E-state index contributed by atoms with van der Waals surface area (Å²) in [5.74, 6) is -1.08. The van der Waals surface area contributed by atoms with E-state index in [1.165, 1.54) is 28.0 Å². The largest absolute Gasteiger partial charge is 0.476 e. The third-order valence-corrected chi connectivity index (χ3v) is 8.36. The van der Waals surface area contributed by atoms with Gasteiger partial charge in [-0.05, 0) is 36.8 Å². The van der Waals surface area contributed by atoms with Crippen LogP contribution < -0.4 is 4.72 Å². The quantitative estimate of drug-likeness (QED) is 0.165. The molecule has 11 heteroatoms. The van der Waals surface area contributed by atoms with E-state index in [2.05, 4.69) is 23.7 Å². The Balaban J connectivity index is 1.89. The summed E-state index contributed by atoms with van der Waals surface area (Å²) in [4.78, 5) is 17.3. The summed E-state index contributed by atoms with van der Waals surface area (Å²) in [5.41, 5.74) is 4.41. The zero-order chi connectivity index (χ0) is 25.3. The molecule has 0 unspecified atom stereocenters. The number of hydrogen-bond donors (Lipinski definition) is 2. The third kappa shape index (κ3) is 5.49. The number of carbonyl (C=O) groups is 1. The van der Waals surface area contributed by atoms with E-state index in [0.29, 0.717) is 31.7 Å². The SMILES string of the molecule is CSNc1cccc(-c2c(C)nn(-c3nc(-c4ccc(Cl)c(Cl)c4)c(SC(C)C)s3)c2C(=O)O)c1. The van der Waals surface area contributed by atoms with E-state index in [9.17, 15) is 9.90 Å². The Kier molecular flexibility index (Phi) is 8.02. The molecule has 2 heterocycles. The number of carboxylic acid groups (broad SMARTS) is 1. The van der Waals surface area contributed by atoms with E-state index in [4.69, 9.17) is 28.2 Å². The molecule has 0 spiro atoms. The number of benzene rings is 2. The summed E-state index contributed by atoms with van der Waals surface area (Å²) >= 11 is 16.9. The number of aryl methyl sites for hydroxylation is 1. The highest BCUT2D eigenvalue weighted by atomic mass is 35.5. The van der Waals surface area contributed by atoms with Crippen molar-refractivity contribution in [2.24, 2.45) is 0 Å². The molecular formula is C24H22Cl2N4O2S3. The molecule has 2 N–H and O–H groups in total. The van der Waals surface area contributed by atoms with Crippen LogP contribution in [0.3, 0.4) is 0 Å². The highest BCUT2D eigenvalue weighted by Gasteiger charge is 2.27. The van der Waals surface area contributed by atoms with Crippen molar-refractivity contribution in [2.75, 3.05) is 11.0 Å². The molecule has 182 valence electrons. The summed E-state index contributed by atoms with van der Waals surface area (Å²) in [7, 11) is 0. The van der Waals surface area contributed by atoms with Crippen molar-refractivity contribution >= 4 is 69.9 Å². The average molecular weight is 566 g/mol. The first-order valence-electron chi connectivity index (χ1n) is 10.5. The molecule has 0 atom stereocenters. The first kappa shape index (κ1) is 25.9. The number of aromatic nitrogens is 3. The van der Waals surface area contributed by atoms with Gasteiger partial charge in [-0.2, -0.15) is 9.78 Å². The smallest absolute Gasteiger partial charge is 0.355 e. The van der Waals surface area contributed by atoms with Gasteiger partial charge in [0.25, 0.3) is 0 Å². The number of carboxylic acids is 1. The zero-order valence-corrected chi connectivity index (χ0v) is 23.3. The Morgan fingerprint density at radius 3 is 2.57 bits per heavy atom. The van der Waals surface area contributed by atoms with E-state index in [-0.39, 0.29) is 5.69 Å². The number of anilines is 1. The Labute approximate surface area is 226 Å². The van der Waals surface area contributed by atoms with Gasteiger partial charge in [-0.25, -0.2) is 9.78 Å². The van der Waals surface area contributed by atoms with Crippen LogP contribution in [0.1, 0.15) is 30.0 Å². The van der Waals surface area contributed by atoms with E-state index in [1.54, 1.807) is 23.9 Å². The number of rotatable bonds is 8. The highest BCUT2D eigenvalue weighted by molar-refractivity contribution is 8.01. The maximum atomic E-state index is 12.5. The molecular weight excluding hydrogens is 543 g/mol. The maximum absolute atomic E-state index is 12.5. The normalized spacial score (nSPS) is 11.3. The van der Waals surface area contributed by atoms with Crippen LogP contribution in [0.2, 0.25) is 10.0 Å². The topological polar surface area (TPSA) is 80.0 Å². The highest BCUT2D eigenvalue weighted by Crippen LogP contribution is 2.42. The minimum absolute atomic E-state index is 0.0688. The second-order valence-corrected chi connectivity index (χ2v) is 12.1. The lowest BCUT2D eigenvalue weighted by molar-refractivity contribution is 0.0688. The van der Waals surface area contributed by atoms with Crippen molar-refractivity contribution in [2.45, 2.75) is 30.2 Å². The van der Waals surface area contributed by atoms with Crippen LogP contribution in [0.5, 0.6) is 0 Å². The van der Waals surface area contributed by atoms with Gasteiger partial charge in [-0.15, -0.1) is 11.8 Å². The van der Waals surface area contributed by atoms with Gasteiger partial charge in [0.2, 0.25) is 5.13 Å². The average Bonchev–Trinajstić information content (AvgIpc) is 3.36. The molecule has 6 nitrogen and oxygen atoms in total. The summed E-state index contributed by atoms with van der Waals surface area (Å²) in [6.07, 6.45) is 1.93. The molecule has 2 aromatic heterocycles. The van der Waals surface area contributed by atoms with Gasteiger partial charge in [0, 0.05) is 28.3 Å². The van der Waals surface area contributed by atoms with Crippen LogP contribution in [-0.4, -0.2) is 37.3 Å². The van der Waals surface area contributed by atoms with Crippen LogP contribution >= 0.6 is 58.2 Å². The van der Waals surface area contributed by atoms with Gasteiger partial charge in [-0.3, -0.25) is 0 Å². The van der Waals surface area contributed by atoms with Crippen LogP contribution in [0, 0.1) is 6.92 Å². The third-order valence-electron chi connectivity index (χ3n) is 4.94. The summed E-state index contributed by atoms with van der Waals surface area (Å²) < 4.78 is 5.57. The monoisotopic (exact) mass is 564 g/mol. The zero-order valence-electron chi connectivity index (χ0n) is 19.3. The second kappa shape index (κ2) is 10.8. The number of thioether (sulfide) groups is 1. The lowest BCUT2D eigenvalue weighted by Crippen LogP contribution is -2.09. The molecule has 4 rings (SSSR count). The fourth-order valence-electron chi connectivity index (χ4n) is 3.57. The molecule has 0 saturated heterocycles. The number of nitrogens with one attached hydrogen (secondary N) is 1. The molecule has 0 aliphatic carbocycles. The standard InChI is InChI=1S/C24H22Cl2N4O2S3/c1-12(2)34-23-20(15-8-9-17(25)18(26)11-15)27-24(35-23)30-21(22(31)32)19(13(3)28-30)14-6-5-7-16(10-14)29-33-4/h5-12,29H,1-4H3,(H,31,32). The van der Waals surface area contributed by atoms with Crippen molar-refractivity contribution in [1.29, 1.82) is 0 Å². The number of halogens is 2. The van der Waals surface area contributed by atoms with E-state index >= 15 is 0 Å². The molecule has 0 aliphatic rings. The molecule has 35 heavy (non-hydrogen) atoms. The van der Waals surface area contributed by atoms with Crippen molar-refractivity contribution in [3.05, 3.63) is 63.9 Å². The minimum atomic E-state index is -1.08.